The van der Waals surface area contributed by atoms with E-state index in [1.165, 1.54) is 29.5 Å². The van der Waals surface area contributed by atoms with Crippen molar-refractivity contribution in [1.29, 1.82) is 0 Å². The summed E-state index contributed by atoms with van der Waals surface area (Å²) in [5.74, 6) is -0.699. The Labute approximate surface area is 156 Å². The molecule has 1 heterocycles. The minimum Gasteiger partial charge on any atom is -0.506 e. The van der Waals surface area contributed by atoms with Crippen molar-refractivity contribution in [3.05, 3.63) is 45.1 Å². The van der Waals surface area contributed by atoms with Crippen molar-refractivity contribution in [3.63, 3.8) is 0 Å². The molecule has 1 aromatic carbocycles. The summed E-state index contributed by atoms with van der Waals surface area (Å²) < 4.78 is 0. The molecule has 0 aliphatic rings. The van der Waals surface area contributed by atoms with Crippen LogP contribution in [0.15, 0.2) is 29.6 Å². The van der Waals surface area contributed by atoms with E-state index in [1.54, 1.807) is 11.4 Å². The first-order valence-corrected chi connectivity index (χ1v) is 9.09. The monoisotopic (exact) mass is 380 g/mol. The molecule has 0 bridgehead atoms. The lowest BCUT2D eigenvalue weighted by atomic mass is 9.92. The lowest BCUT2D eigenvalue weighted by Gasteiger charge is -2.18. The van der Waals surface area contributed by atoms with Crippen LogP contribution in [0.25, 0.3) is 0 Å². The second-order valence-electron chi connectivity index (χ2n) is 6.85. The van der Waals surface area contributed by atoms with Gasteiger partial charge in [-0.3, -0.25) is 9.59 Å². The first-order valence-electron chi connectivity index (χ1n) is 7.83. The molecular formula is C18H21ClN2O3S. The van der Waals surface area contributed by atoms with Gasteiger partial charge < -0.3 is 15.7 Å². The van der Waals surface area contributed by atoms with Gasteiger partial charge in [0.1, 0.15) is 10.6 Å². The molecule has 3 N–H and O–H groups in total. The van der Waals surface area contributed by atoms with E-state index in [4.69, 9.17) is 11.6 Å². The third kappa shape index (κ3) is 5.47. The highest BCUT2D eigenvalue weighted by Gasteiger charge is 2.17. The topological polar surface area (TPSA) is 78.4 Å². The maximum absolute atomic E-state index is 12.3. The van der Waals surface area contributed by atoms with Crippen LogP contribution in [0.2, 0.25) is 5.02 Å². The average molecular weight is 381 g/mol. The first kappa shape index (κ1) is 19.3. The van der Waals surface area contributed by atoms with Crippen molar-refractivity contribution in [2.45, 2.75) is 27.2 Å². The molecule has 1 aromatic heterocycles. The standard InChI is InChI=1S/C18H21ClN2O3S/c1-18(2,3)7-8-20-17(24)15-13(6-9-25-15)21-16(23)11-4-5-14(22)12(19)10-11/h4-6,9-10,22H,7-8H2,1-3H3,(H,20,24)(H,21,23). The second-order valence-corrected chi connectivity index (χ2v) is 8.17. The Morgan fingerprint density at radius 3 is 2.56 bits per heavy atom. The fourth-order valence-corrected chi connectivity index (χ4v) is 3.00. The fourth-order valence-electron chi connectivity index (χ4n) is 2.06. The van der Waals surface area contributed by atoms with Gasteiger partial charge in [0.2, 0.25) is 0 Å². The van der Waals surface area contributed by atoms with E-state index < -0.39 is 5.91 Å². The number of rotatable bonds is 5. The van der Waals surface area contributed by atoms with Crippen LogP contribution in [0.3, 0.4) is 0 Å². The molecule has 0 saturated heterocycles. The van der Waals surface area contributed by atoms with E-state index in [-0.39, 0.29) is 22.1 Å². The molecule has 0 saturated carbocycles. The molecule has 0 unspecified atom stereocenters. The zero-order chi connectivity index (χ0) is 18.6. The molecule has 0 atom stereocenters. The number of aromatic hydroxyl groups is 1. The fraction of sp³-hybridized carbons (Fsp3) is 0.333. The molecule has 0 spiro atoms. The van der Waals surface area contributed by atoms with Gasteiger partial charge in [0.15, 0.2) is 0 Å². The molecule has 2 amide bonds. The Hall–Kier alpha value is -2.05. The smallest absolute Gasteiger partial charge is 0.263 e. The minimum absolute atomic E-state index is 0.0901. The SMILES string of the molecule is CC(C)(C)CCNC(=O)c1sccc1NC(=O)c1ccc(O)c(Cl)c1. The van der Waals surface area contributed by atoms with Crippen LogP contribution >= 0.6 is 22.9 Å². The summed E-state index contributed by atoms with van der Waals surface area (Å²) in [4.78, 5) is 25.1. The summed E-state index contributed by atoms with van der Waals surface area (Å²) >= 11 is 7.09. The van der Waals surface area contributed by atoms with Gasteiger partial charge in [-0.25, -0.2) is 0 Å². The number of halogens is 1. The number of amides is 2. The van der Waals surface area contributed by atoms with Crippen molar-refractivity contribution >= 4 is 40.4 Å². The van der Waals surface area contributed by atoms with E-state index in [1.807, 2.05) is 0 Å². The Morgan fingerprint density at radius 1 is 1.20 bits per heavy atom. The van der Waals surface area contributed by atoms with E-state index in [2.05, 4.69) is 31.4 Å². The van der Waals surface area contributed by atoms with Gasteiger partial charge in [-0.15, -0.1) is 11.3 Å². The molecular weight excluding hydrogens is 360 g/mol. The Morgan fingerprint density at radius 2 is 1.92 bits per heavy atom. The Bertz CT molecular complexity index is 781. The van der Waals surface area contributed by atoms with E-state index in [9.17, 15) is 14.7 Å². The third-order valence-corrected chi connectivity index (χ3v) is 4.71. The Balaban J connectivity index is 2.04. The van der Waals surface area contributed by atoms with Crippen LogP contribution in [0.1, 0.15) is 47.2 Å². The predicted molar refractivity (Wildman–Crippen MR) is 102 cm³/mol. The predicted octanol–water partition coefficient (Wildman–Crippen LogP) is 4.53. The van der Waals surface area contributed by atoms with Gasteiger partial charge in [-0.1, -0.05) is 32.4 Å². The van der Waals surface area contributed by atoms with Crippen LogP contribution in [0, 0.1) is 5.41 Å². The third-order valence-electron chi connectivity index (χ3n) is 3.49. The van der Waals surface area contributed by atoms with E-state index >= 15 is 0 Å². The van der Waals surface area contributed by atoms with Gasteiger partial charge in [-0.2, -0.15) is 0 Å². The Kier molecular flexibility index (Phi) is 6.08. The molecule has 5 nitrogen and oxygen atoms in total. The molecule has 2 aromatic rings. The number of carbonyl (C=O) groups excluding carboxylic acids is 2. The van der Waals surface area contributed by atoms with Crippen molar-refractivity contribution in [2.75, 3.05) is 11.9 Å². The van der Waals surface area contributed by atoms with Gasteiger partial charge >= 0.3 is 0 Å². The number of hydrogen-bond acceptors (Lipinski definition) is 4. The molecule has 2 rings (SSSR count). The van der Waals surface area contributed by atoms with Crippen LogP contribution in [-0.4, -0.2) is 23.5 Å². The molecule has 134 valence electrons. The first-order chi connectivity index (χ1) is 11.7. The van der Waals surface area contributed by atoms with Crippen LogP contribution in [-0.2, 0) is 0 Å². The van der Waals surface area contributed by atoms with Crippen LogP contribution in [0.4, 0.5) is 5.69 Å². The normalized spacial score (nSPS) is 11.2. The summed E-state index contributed by atoms with van der Waals surface area (Å²) in [5.41, 5.74) is 0.887. The highest BCUT2D eigenvalue weighted by Crippen LogP contribution is 2.26. The largest absolute Gasteiger partial charge is 0.506 e. The minimum atomic E-state index is -0.399. The quantitative estimate of drug-likeness (QED) is 0.713. The van der Waals surface area contributed by atoms with Crippen LogP contribution < -0.4 is 10.6 Å². The van der Waals surface area contributed by atoms with Gasteiger partial charge in [-0.05, 0) is 41.5 Å². The van der Waals surface area contributed by atoms with E-state index in [0.29, 0.717) is 22.7 Å². The van der Waals surface area contributed by atoms with Gasteiger partial charge in [0.25, 0.3) is 11.8 Å². The van der Waals surface area contributed by atoms with Crippen molar-refractivity contribution in [2.24, 2.45) is 5.41 Å². The molecule has 7 heteroatoms. The highest BCUT2D eigenvalue weighted by atomic mass is 35.5. The highest BCUT2D eigenvalue weighted by molar-refractivity contribution is 7.12. The number of hydrogen-bond donors (Lipinski definition) is 3. The molecule has 0 aliphatic heterocycles. The van der Waals surface area contributed by atoms with Crippen LogP contribution in [0.5, 0.6) is 5.75 Å². The number of phenolic OH excluding ortho intramolecular Hbond substituents is 1. The van der Waals surface area contributed by atoms with Crippen molar-refractivity contribution in [1.82, 2.24) is 5.32 Å². The number of thiophene rings is 1. The van der Waals surface area contributed by atoms with E-state index in [0.717, 1.165) is 6.42 Å². The summed E-state index contributed by atoms with van der Waals surface area (Å²) in [6.45, 7) is 6.90. The summed E-state index contributed by atoms with van der Waals surface area (Å²) in [7, 11) is 0. The van der Waals surface area contributed by atoms with Crippen molar-refractivity contribution in [3.8, 4) is 5.75 Å². The number of anilines is 1. The molecule has 0 radical (unpaired) electrons. The van der Waals surface area contributed by atoms with Gasteiger partial charge in [0, 0.05) is 12.1 Å². The lowest BCUT2D eigenvalue weighted by Crippen LogP contribution is -2.27. The average Bonchev–Trinajstić information content (AvgIpc) is 2.96. The lowest BCUT2D eigenvalue weighted by molar-refractivity contribution is 0.0954. The second kappa shape index (κ2) is 7.89. The zero-order valence-corrected chi connectivity index (χ0v) is 15.9. The number of benzene rings is 1. The van der Waals surface area contributed by atoms with Crippen molar-refractivity contribution < 1.29 is 14.7 Å². The molecule has 25 heavy (non-hydrogen) atoms. The van der Waals surface area contributed by atoms with Gasteiger partial charge in [0.05, 0.1) is 10.7 Å². The summed E-state index contributed by atoms with van der Waals surface area (Å²) in [5, 5.41) is 16.9. The summed E-state index contributed by atoms with van der Waals surface area (Å²) in [6, 6.07) is 5.88. The summed E-state index contributed by atoms with van der Waals surface area (Å²) in [6.07, 6.45) is 0.859. The maximum atomic E-state index is 12.3. The molecule has 0 aliphatic carbocycles. The number of phenols is 1. The molecule has 0 fully saturated rings. The maximum Gasteiger partial charge on any atom is 0.263 e. The zero-order valence-electron chi connectivity index (χ0n) is 14.4. The number of nitrogens with one attached hydrogen (secondary N) is 2. The number of carbonyl (C=O) groups is 2.